The van der Waals surface area contributed by atoms with Crippen LogP contribution in [0.2, 0.25) is 0 Å². The van der Waals surface area contributed by atoms with E-state index in [0.717, 1.165) is 43.1 Å². The van der Waals surface area contributed by atoms with Crippen LogP contribution in [0, 0.1) is 0 Å². The molecule has 1 aliphatic rings. The molecule has 0 unspecified atom stereocenters. The van der Waals surface area contributed by atoms with Crippen LogP contribution in [0.25, 0.3) is 5.69 Å². The number of piperazine rings is 1. The molecule has 32 heavy (non-hydrogen) atoms. The Morgan fingerprint density at radius 1 is 1.00 bits per heavy atom. The zero-order chi connectivity index (χ0) is 22.5. The van der Waals surface area contributed by atoms with E-state index >= 15 is 0 Å². The van der Waals surface area contributed by atoms with Crippen molar-refractivity contribution in [3.05, 3.63) is 82.3 Å². The van der Waals surface area contributed by atoms with Gasteiger partial charge in [0.25, 0.3) is 11.3 Å². The molecule has 1 fully saturated rings. The lowest BCUT2D eigenvalue weighted by atomic mass is 10.2. The Balaban J connectivity index is 1.74. The van der Waals surface area contributed by atoms with Gasteiger partial charge in [0.05, 0.1) is 17.6 Å². The van der Waals surface area contributed by atoms with E-state index in [0.29, 0.717) is 0 Å². The number of anilines is 1. The van der Waals surface area contributed by atoms with Gasteiger partial charge in [-0.15, -0.1) is 0 Å². The van der Waals surface area contributed by atoms with E-state index < -0.39 is 11.3 Å². The normalized spacial score (nSPS) is 14.2. The summed E-state index contributed by atoms with van der Waals surface area (Å²) in [6.07, 6.45) is 1.56. The van der Waals surface area contributed by atoms with Gasteiger partial charge in [-0.2, -0.15) is 5.10 Å². The molecule has 0 aliphatic carbocycles. The first-order valence-electron chi connectivity index (χ1n) is 10.6. The van der Waals surface area contributed by atoms with Gasteiger partial charge in [-0.3, -0.25) is 9.59 Å². The number of rotatable bonds is 6. The largest absolute Gasteiger partial charge is 0.483 e. The van der Waals surface area contributed by atoms with Gasteiger partial charge in [0.1, 0.15) is 6.61 Å². The van der Waals surface area contributed by atoms with Crippen molar-refractivity contribution in [2.75, 3.05) is 45.2 Å². The Kier molecular flexibility index (Phi) is 6.51. The Morgan fingerprint density at radius 3 is 2.34 bits per heavy atom. The second-order valence-corrected chi connectivity index (χ2v) is 7.75. The van der Waals surface area contributed by atoms with Crippen molar-refractivity contribution >= 4 is 11.6 Å². The molecular formula is C24H27N5O3. The molecule has 2 heterocycles. The molecule has 0 atom stereocenters. The monoisotopic (exact) mass is 433 g/mol. The number of hydrogen-bond donors (Lipinski definition) is 1. The van der Waals surface area contributed by atoms with Gasteiger partial charge in [0, 0.05) is 33.2 Å². The minimum atomic E-state index is -0.550. The number of ether oxygens (including phenoxy) is 1. The molecular weight excluding hydrogens is 406 g/mol. The highest BCUT2D eigenvalue weighted by atomic mass is 16.5. The molecule has 0 saturated carbocycles. The molecule has 166 valence electrons. The van der Waals surface area contributed by atoms with Crippen LogP contribution in [0.4, 0.5) is 5.69 Å². The van der Waals surface area contributed by atoms with Gasteiger partial charge >= 0.3 is 0 Å². The number of nitrogens with zero attached hydrogens (tertiary/aromatic N) is 4. The number of aromatic nitrogens is 2. The molecule has 8 heteroatoms. The summed E-state index contributed by atoms with van der Waals surface area (Å²) in [5.41, 5.74) is 1.97. The lowest BCUT2D eigenvalue weighted by Crippen LogP contribution is -2.44. The van der Waals surface area contributed by atoms with Crippen LogP contribution in [0.5, 0.6) is 5.75 Å². The molecule has 2 aromatic carbocycles. The third-order valence-corrected chi connectivity index (χ3v) is 5.54. The summed E-state index contributed by atoms with van der Waals surface area (Å²) in [6.45, 7) is 3.90. The van der Waals surface area contributed by atoms with E-state index in [1.807, 2.05) is 54.6 Å². The molecule has 1 saturated heterocycles. The summed E-state index contributed by atoms with van der Waals surface area (Å²) in [5.74, 6) is -0.471. The fourth-order valence-electron chi connectivity index (χ4n) is 3.67. The molecule has 1 amide bonds. The standard InChI is InChI=1S/C24H27N5O3/c1-25-24(31)22-23(30)21(32-17-18-8-4-3-5-9-18)16-29(26-22)20-11-7-6-10-19(20)28-14-12-27(2)13-15-28/h3-11,16H,12-15,17H2,1-2H3,(H,25,31). The Bertz CT molecular complexity index is 1140. The number of amides is 1. The van der Waals surface area contributed by atoms with Crippen LogP contribution < -0.4 is 20.4 Å². The third kappa shape index (κ3) is 4.65. The second-order valence-electron chi connectivity index (χ2n) is 7.75. The SMILES string of the molecule is CNC(=O)c1nn(-c2ccccc2N2CCN(C)CC2)cc(OCc2ccccc2)c1=O. The summed E-state index contributed by atoms with van der Waals surface area (Å²) in [5, 5.41) is 6.87. The van der Waals surface area contributed by atoms with Crippen LogP contribution in [-0.4, -0.2) is 60.9 Å². The Labute approximate surface area is 187 Å². The van der Waals surface area contributed by atoms with E-state index in [2.05, 4.69) is 27.3 Å². The number of para-hydroxylation sites is 2. The maximum atomic E-state index is 12.9. The predicted molar refractivity (Wildman–Crippen MR) is 124 cm³/mol. The van der Waals surface area contributed by atoms with Crippen molar-refractivity contribution in [3.63, 3.8) is 0 Å². The smallest absolute Gasteiger partial charge is 0.275 e. The van der Waals surface area contributed by atoms with E-state index in [-0.39, 0.29) is 18.1 Å². The number of nitrogens with one attached hydrogen (secondary N) is 1. The van der Waals surface area contributed by atoms with E-state index in [9.17, 15) is 9.59 Å². The maximum Gasteiger partial charge on any atom is 0.275 e. The topological polar surface area (TPSA) is 79.7 Å². The van der Waals surface area contributed by atoms with Crippen molar-refractivity contribution in [2.45, 2.75) is 6.61 Å². The van der Waals surface area contributed by atoms with Gasteiger partial charge in [0.15, 0.2) is 11.4 Å². The average Bonchev–Trinajstić information content (AvgIpc) is 2.84. The fourth-order valence-corrected chi connectivity index (χ4v) is 3.67. The molecule has 1 aliphatic heterocycles. The van der Waals surface area contributed by atoms with Gasteiger partial charge < -0.3 is 19.9 Å². The number of carbonyl (C=O) groups excluding carboxylic acids is 1. The second kappa shape index (κ2) is 9.65. The van der Waals surface area contributed by atoms with Crippen LogP contribution in [0.1, 0.15) is 16.1 Å². The quantitative estimate of drug-likeness (QED) is 0.640. The number of hydrogen-bond acceptors (Lipinski definition) is 6. The first-order valence-corrected chi connectivity index (χ1v) is 10.6. The van der Waals surface area contributed by atoms with Crippen molar-refractivity contribution < 1.29 is 9.53 Å². The summed E-state index contributed by atoms with van der Waals surface area (Å²) in [6, 6.07) is 17.4. The molecule has 3 aromatic rings. The van der Waals surface area contributed by atoms with Crippen molar-refractivity contribution in [3.8, 4) is 11.4 Å². The number of benzene rings is 2. The minimum absolute atomic E-state index is 0.0793. The first kappa shape index (κ1) is 21.6. The molecule has 0 spiro atoms. The summed E-state index contributed by atoms with van der Waals surface area (Å²) in [7, 11) is 3.59. The lowest BCUT2D eigenvalue weighted by Gasteiger charge is -2.35. The van der Waals surface area contributed by atoms with Crippen molar-refractivity contribution in [2.24, 2.45) is 0 Å². The minimum Gasteiger partial charge on any atom is -0.483 e. The molecule has 4 rings (SSSR count). The maximum absolute atomic E-state index is 12.9. The zero-order valence-electron chi connectivity index (χ0n) is 18.3. The summed E-state index contributed by atoms with van der Waals surface area (Å²) < 4.78 is 7.42. The molecule has 1 N–H and O–H groups in total. The van der Waals surface area contributed by atoms with E-state index in [4.69, 9.17) is 4.74 Å². The molecule has 8 nitrogen and oxygen atoms in total. The molecule has 0 bridgehead atoms. The fraction of sp³-hybridized carbons (Fsp3) is 0.292. The summed E-state index contributed by atoms with van der Waals surface area (Å²) in [4.78, 5) is 29.9. The lowest BCUT2D eigenvalue weighted by molar-refractivity contribution is 0.0954. The van der Waals surface area contributed by atoms with E-state index in [1.165, 1.54) is 7.05 Å². The van der Waals surface area contributed by atoms with Crippen LogP contribution >= 0.6 is 0 Å². The number of carbonyl (C=O) groups is 1. The highest BCUT2D eigenvalue weighted by molar-refractivity contribution is 5.92. The van der Waals surface area contributed by atoms with Crippen LogP contribution in [0.3, 0.4) is 0 Å². The molecule has 1 aromatic heterocycles. The van der Waals surface area contributed by atoms with Gasteiger partial charge in [-0.25, -0.2) is 4.68 Å². The first-order chi connectivity index (χ1) is 15.6. The highest BCUT2D eigenvalue weighted by Crippen LogP contribution is 2.25. The predicted octanol–water partition coefficient (Wildman–Crippen LogP) is 1.92. The Morgan fingerprint density at radius 2 is 1.66 bits per heavy atom. The van der Waals surface area contributed by atoms with Crippen LogP contribution in [0.15, 0.2) is 65.6 Å². The Hall–Kier alpha value is -3.65. The highest BCUT2D eigenvalue weighted by Gasteiger charge is 2.21. The molecule has 0 radical (unpaired) electrons. The van der Waals surface area contributed by atoms with Crippen molar-refractivity contribution in [1.29, 1.82) is 0 Å². The van der Waals surface area contributed by atoms with Gasteiger partial charge in [-0.05, 0) is 24.7 Å². The zero-order valence-corrected chi connectivity index (χ0v) is 18.3. The summed E-state index contributed by atoms with van der Waals surface area (Å²) >= 11 is 0. The average molecular weight is 434 g/mol. The van der Waals surface area contributed by atoms with Crippen molar-refractivity contribution in [1.82, 2.24) is 20.0 Å². The van der Waals surface area contributed by atoms with E-state index in [1.54, 1.807) is 10.9 Å². The van der Waals surface area contributed by atoms with Gasteiger partial charge in [-0.1, -0.05) is 42.5 Å². The van der Waals surface area contributed by atoms with Crippen LogP contribution in [-0.2, 0) is 6.61 Å². The van der Waals surface area contributed by atoms with Gasteiger partial charge in [0.2, 0.25) is 0 Å². The number of likely N-dealkylation sites (N-methyl/N-ethyl adjacent to an activating group) is 1. The third-order valence-electron chi connectivity index (χ3n) is 5.54.